The number of ether oxygens (including phenoxy) is 1. The van der Waals surface area contributed by atoms with E-state index in [2.05, 4.69) is 4.98 Å². The van der Waals surface area contributed by atoms with Crippen molar-refractivity contribution in [2.24, 2.45) is 0 Å². The predicted octanol–water partition coefficient (Wildman–Crippen LogP) is 3.14. The maximum absolute atomic E-state index is 12.2. The highest BCUT2D eigenvalue weighted by atomic mass is 16.5. The molecule has 0 aliphatic rings. The molecule has 0 atom stereocenters. The first kappa shape index (κ1) is 17.2. The van der Waals surface area contributed by atoms with E-state index in [1.165, 1.54) is 25.3 Å². The van der Waals surface area contributed by atoms with Gasteiger partial charge in [0.05, 0.1) is 23.9 Å². The highest BCUT2D eigenvalue weighted by molar-refractivity contribution is 6.52. The second kappa shape index (κ2) is 7.06. The van der Waals surface area contributed by atoms with Crippen LogP contribution in [-0.4, -0.2) is 34.1 Å². The molecule has 0 radical (unpaired) electrons. The molecule has 0 aliphatic heterocycles. The SMILES string of the molecule is COc1ccc(/C=C(\C(=O)C(=O)O)c2ccc3ccccc3n2)cc1O. The Morgan fingerprint density at radius 1 is 1.08 bits per heavy atom. The van der Waals surface area contributed by atoms with Gasteiger partial charge in [0.1, 0.15) is 0 Å². The third-order valence-electron chi connectivity index (χ3n) is 3.83. The number of aromatic hydroxyl groups is 1. The Kier molecular flexibility index (Phi) is 4.66. The number of phenolic OH excluding ortho intramolecular Hbond substituents is 1. The molecule has 0 bridgehead atoms. The number of hydrogen-bond donors (Lipinski definition) is 2. The molecule has 0 saturated heterocycles. The molecular formula is C20H15NO5. The number of hydrogen-bond acceptors (Lipinski definition) is 5. The summed E-state index contributed by atoms with van der Waals surface area (Å²) < 4.78 is 4.98. The van der Waals surface area contributed by atoms with Crippen molar-refractivity contribution in [2.45, 2.75) is 0 Å². The van der Waals surface area contributed by atoms with Gasteiger partial charge in [-0.15, -0.1) is 0 Å². The Labute approximate surface area is 149 Å². The first-order chi connectivity index (χ1) is 12.5. The third-order valence-corrected chi connectivity index (χ3v) is 3.83. The molecule has 26 heavy (non-hydrogen) atoms. The van der Waals surface area contributed by atoms with Crippen LogP contribution in [0.2, 0.25) is 0 Å². The second-order valence-corrected chi connectivity index (χ2v) is 5.51. The van der Waals surface area contributed by atoms with Gasteiger partial charge in [0.25, 0.3) is 5.78 Å². The summed E-state index contributed by atoms with van der Waals surface area (Å²) in [5.41, 5.74) is 1.26. The molecule has 1 aromatic heterocycles. The number of carboxylic acid groups (broad SMARTS) is 1. The Morgan fingerprint density at radius 3 is 2.54 bits per heavy atom. The van der Waals surface area contributed by atoms with Gasteiger partial charge in [-0.1, -0.05) is 30.3 Å². The summed E-state index contributed by atoms with van der Waals surface area (Å²) in [6.45, 7) is 0. The van der Waals surface area contributed by atoms with Crippen LogP contribution < -0.4 is 4.74 Å². The zero-order valence-electron chi connectivity index (χ0n) is 13.8. The third kappa shape index (κ3) is 3.39. The Hall–Kier alpha value is -3.67. The number of carboxylic acids is 1. The zero-order chi connectivity index (χ0) is 18.7. The van der Waals surface area contributed by atoms with Crippen molar-refractivity contribution in [3.8, 4) is 11.5 Å². The average molecular weight is 349 g/mol. The Morgan fingerprint density at radius 2 is 1.85 bits per heavy atom. The lowest BCUT2D eigenvalue weighted by Gasteiger charge is -2.07. The number of phenols is 1. The number of fused-ring (bicyclic) bond motifs is 1. The highest BCUT2D eigenvalue weighted by Gasteiger charge is 2.21. The second-order valence-electron chi connectivity index (χ2n) is 5.51. The number of benzene rings is 2. The van der Waals surface area contributed by atoms with Crippen LogP contribution in [0.5, 0.6) is 11.5 Å². The van der Waals surface area contributed by atoms with Gasteiger partial charge < -0.3 is 14.9 Å². The largest absolute Gasteiger partial charge is 0.504 e. The Balaban J connectivity index is 2.14. The molecule has 130 valence electrons. The van der Waals surface area contributed by atoms with Gasteiger partial charge in [0.15, 0.2) is 11.5 Å². The minimum absolute atomic E-state index is 0.0761. The van der Waals surface area contributed by atoms with Gasteiger partial charge >= 0.3 is 5.97 Å². The van der Waals surface area contributed by atoms with Crippen LogP contribution in [0.3, 0.4) is 0 Å². The number of aliphatic carboxylic acids is 1. The smallest absolute Gasteiger partial charge is 0.377 e. The zero-order valence-corrected chi connectivity index (χ0v) is 13.8. The van der Waals surface area contributed by atoms with E-state index < -0.39 is 11.8 Å². The van der Waals surface area contributed by atoms with Crippen molar-refractivity contribution in [3.05, 3.63) is 65.9 Å². The minimum atomic E-state index is -1.58. The number of aromatic nitrogens is 1. The summed E-state index contributed by atoms with van der Waals surface area (Å²) in [6, 6.07) is 15.2. The molecule has 1 heterocycles. The van der Waals surface area contributed by atoms with Crippen molar-refractivity contribution in [1.29, 1.82) is 0 Å². The summed E-state index contributed by atoms with van der Waals surface area (Å²) in [7, 11) is 1.42. The first-order valence-corrected chi connectivity index (χ1v) is 7.72. The van der Waals surface area contributed by atoms with Gasteiger partial charge in [-0.2, -0.15) is 0 Å². The molecule has 3 rings (SSSR count). The van der Waals surface area contributed by atoms with E-state index in [9.17, 15) is 14.7 Å². The fourth-order valence-electron chi connectivity index (χ4n) is 2.55. The molecule has 0 unspecified atom stereocenters. The molecule has 0 fully saturated rings. The van der Waals surface area contributed by atoms with Gasteiger partial charge in [-0.25, -0.2) is 9.78 Å². The quantitative estimate of drug-likeness (QED) is 0.542. The van der Waals surface area contributed by atoms with Crippen molar-refractivity contribution in [2.75, 3.05) is 7.11 Å². The van der Waals surface area contributed by atoms with E-state index in [1.807, 2.05) is 18.2 Å². The fraction of sp³-hybridized carbons (Fsp3) is 0.0500. The lowest BCUT2D eigenvalue weighted by molar-refractivity contribution is -0.146. The molecule has 2 N–H and O–H groups in total. The number of methoxy groups -OCH3 is 1. The number of nitrogens with zero attached hydrogens (tertiary/aromatic N) is 1. The van der Waals surface area contributed by atoms with Gasteiger partial charge in [0.2, 0.25) is 0 Å². The average Bonchev–Trinajstić information content (AvgIpc) is 2.65. The number of Topliss-reactive ketones (excluding diaryl/α,β-unsaturated/α-hetero) is 1. The maximum atomic E-state index is 12.2. The molecule has 3 aromatic rings. The number of carbonyl (C=O) groups is 2. The van der Waals surface area contributed by atoms with Crippen molar-refractivity contribution in [1.82, 2.24) is 4.98 Å². The van der Waals surface area contributed by atoms with Crippen LogP contribution in [0.1, 0.15) is 11.3 Å². The van der Waals surface area contributed by atoms with Crippen LogP contribution in [0.25, 0.3) is 22.6 Å². The van der Waals surface area contributed by atoms with Crippen molar-refractivity contribution in [3.63, 3.8) is 0 Å². The Bertz CT molecular complexity index is 1040. The number of pyridine rings is 1. The van der Waals surface area contributed by atoms with E-state index in [0.717, 1.165) is 5.39 Å². The molecule has 0 amide bonds. The number of rotatable bonds is 5. The summed E-state index contributed by atoms with van der Waals surface area (Å²) >= 11 is 0. The lowest BCUT2D eigenvalue weighted by Crippen LogP contribution is -2.15. The van der Waals surface area contributed by atoms with Gasteiger partial charge in [-0.05, 0) is 35.9 Å². The number of carbonyl (C=O) groups excluding carboxylic acids is 1. The molecule has 2 aromatic carbocycles. The number of ketones is 1. The van der Waals surface area contributed by atoms with Crippen LogP contribution in [0.4, 0.5) is 0 Å². The van der Waals surface area contributed by atoms with Gasteiger partial charge in [-0.3, -0.25) is 4.79 Å². The normalized spacial score (nSPS) is 11.3. The van der Waals surface area contributed by atoms with Gasteiger partial charge in [0, 0.05) is 5.39 Å². The molecule has 6 heteroatoms. The summed E-state index contributed by atoms with van der Waals surface area (Å²) in [5, 5.41) is 19.9. The monoisotopic (exact) mass is 349 g/mol. The maximum Gasteiger partial charge on any atom is 0.377 e. The minimum Gasteiger partial charge on any atom is -0.504 e. The van der Waals surface area contributed by atoms with E-state index in [-0.39, 0.29) is 22.8 Å². The molecule has 0 aliphatic carbocycles. The van der Waals surface area contributed by atoms with E-state index in [4.69, 9.17) is 9.84 Å². The van der Waals surface area contributed by atoms with Crippen LogP contribution in [0.15, 0.2) is 54.6 Å². The molecule has 6 nitrogen and oxygen atoms in total. The van der Waals surface area contributed by atoms with Crippen LogP contribution in [0, 0.1) is 0 Å². The fourth-order valence-corrected chi connectivity index (χ4v) is 2.55. The number of para-hydroxylation sites is 1. The summed E-state index contributed by atoms with van der Waals surface area (Å²) in [4.78, 5) is 27.8. The van der Waals surface area contributed by atoms with E-state index in [1.54, 1.807) is 24.3 Å². The summed E-state index contributed by atoms with van der Waals surface area (Å²) in [6.07, 6.45) is 1.38. The van der Waals surface area contributed by atoms with E-state index >= 15 is 0 Å². The lowest BCUT2D eigenvalue weighted by atomic mass is 10.0. The standard InChI is InChI=1S/C20H15NO5/c1-26-18-9-6-12(11-17(18)22)10-14(19(23)20(24)25)16-8-7-13-4-2-3-5-15(13)21-16/h2-11,22H,1H3,(H,24,25)/b14-10-. The molecule has 0 saturated carbocycles. The van der Waals surface area contributed by atoms with Crippen LogP contribution >= 0.6 is 0 Å². The summed E-state index contributed by atoms with van der Waals surface area (Å²) in [5.74, 6) is -2.50. The topological polar surface area (TPSA) is 96.7 Å². The van der Waals surface area contributed by atoms with E-state index in [0.29, 0.717) is 11.1 Å². The van der Waals surface area contributed by atoms with Crippen LogP contribution in [-0.2, 0) is 9.59 Å². The van der Waals surface area contributed by atoms with Crippen molar-refractivity contribution >= 4 is 34.3 Å². The predicted molar refractivity (Wildman–Crippen MR) is 96.9 cm³/mol. The first-order valence-electron chi connectivity index (χ1n) is 7.72. The molecular weight excluding hydrogens is 334 g/mol. The van der Waals surface area contributed by atoms with Crippen molar-refractivity contribution < 1.29 is 24.5 Å². The highest BCUT2D eigenvalue weighted by Crippen LogP contribution is 2.28. The molecule has 0 spiro atoms.